The molecule has 3 aromatic rings. The molecular weight excluding hydrogens is 268 g/mol. The number of nitrogens with zero attached hydrogens (tertiary/aromatic N) is 4. The van der Waals surface area contributed by atoms with Gasteiger partial charge in [-0.05, 0) is 42.9 Å². The smallest absolute Gasteiger partial charge is 0.165 e. The van der Waals surface area contributed by atoms with Crippen molar-refractivity contribution in [3.63, 3.8) is 0 Å². The molecule has 1 aliphatic heterocycles. The minimum atomic E-state index is 0.450. The first-order valence-electron chi connectivity index (χ1n) is 6.80. The molecule has 4 nitrogen and oxygen atoms in total. The number of rotatable bonds is 2. The third kappa shape index (κ3) is 1.89. The lowest BCUT2D eigenvalue weighted by Gasteiger charge is -2.11. The Bertz CT molecular complexity index is 732. The molecule has 0 aliphatic carbocycles. The maximum absolute atomic E-state index is 4.81. The van der Waals surface area contributed by atoms with Gasteiger partial charge in [-0.3, -0.25) is 4.57 Å². The SMILES string of the molecule is c1ccc(-n2c(C3CCCS3)nc3cccnc32)nc1. The summed E-state index contributed by atoms with van der Waals surface area (Å²) in [6, 6.07) is 9.90. The van der Waals surface area contributed by atoms with Crippen LogP contribution in [-0.2, 0) is 0 Å². The van der Waals surface area contributed by atoms with E-state index in [0.29, 0.717) is 5.25 Å². The Morgan fingerprint density at radius 3 is 2.85 bits per heavy atom. The van der Waals surface area contributed by atoms with E-state index in [1.807, 2.05) is 54.5 Å². The Labute approximate surface area is 121 Å². The van der Waals surface area contributed by atoms with Gasteiger partial charge in [0.1, 0.15) is 17.2 Å². The van der Waals surface area contributed by atoms with Crippen molar-refractivity contribution in [2.45, 2.75) is 18.1 Å². The highest BCUT2D eigenvalue weighted by Crippen LogP contribution is 2.40. The number of pyridine rings is 2. The molecule has 1 unspecified atom stereocenters. The van der Waals surface area contributed by atoms with Crippen LogP contribution in [0.4, 0.5) is 0 Å². The second-order valence-electron chi connectivity index (χ2n) is 4.84. The van der Waals surface area contributed by atoms with Crippen LogP contribution in [0.3, 0.4) is 0 Å². The van der Waals surface area contributed by atoms with Crippen molar-refractivity contribution in [3.8, 4) is 5.82 Å². The van der Waals surface area contributed by atoms with E-state index in [1.165, 1.54) is 18.6 Å². The van der Waals surface area contributed by atoms with Gasteiger partial charge in [0, 0.05) is 12.4 Å². The minimum Gasteiger partial charge on any atom is -0.263 e. The molecule has 1 aliphatic rings. The number of hydrogen-bond donors (Lipinski definition) is 0. The van der Waals surface area contributed by atoms with Crippen molar-refractivity contribution in [1.82, 2.24) is 19.5 Å². The normalized spacial score (nSPS) is 18.7. The van der Waals surface area contributed by atoms with Crippen LogP contribution in [0.25, 0.3) is 17.0 Å². The molecule has 0 amide bonds. The predicted molar refractivity (Wildman–Crippen MR) is 81.1 cm³/mol. The summed E-state index contributed by atoms with van der Waals surface area (Å²) in [6.45, 7) is 0. The van der Waals surface area contributed by atoms with Gasteiger partial charge in [0.05, 0.1) is 5.25 Å². The van der Waals surface area contributed by atoms with E-state index in [2.05, 4.69) is 14.5 Å². The summed E-state index contributed by atoms with van der Waals surface area (Å²) >= 11 is 1.98. The summed E-state index contributed by atoms with van der Waals surface area (Å²) in [7, 11) is 0. The maximum atomic E-state index is 4.81. The summed E-state index contributed by atoms with van der Waals surface area (Å²) in [5.74, 6) is 3.19. The van der Waals surface area contributed by atoms with Crippen LogP contribution >= 0.6 is 11.8 Å². The zero-order valence-electron chi connectivity index (χ0n) is 10.9. The lowest BCUT2D eigenvalue weighted by atomic mass is 10.2. The molecular formula is C15H14N4S. The van der Waals surface area contributed by atoms with Crippen LogP contribution in [0.2, 0.25) is 0 Å². The van der Waals surface area contributed by atoms with Gasteiger partial charge >= 0.3 is 0 Å². The van der Waals surface area contributed by atoms with Crippen LogP contribution in [-0.4, -0.2) is 25.3 Å². The monoisotopic (exact) mass is 282 g/mol. The molecule has 3 aromatic heterocycles. The topological polar surface area (TPSA) is 43.6 Å². The van der Waals surface area contributed by atoms with Crippen molar-refractivity contribution in [1.29, 1.82) is 0 Å². The molecule has 20 heavy (non-hydrogen) atoms. The number of hydrogen-bond acceptors (Lipinski definition) is 4. The summed E-state index contributed by atoms with van der Waals surface area (Å²) in [5, 5.41) is 0.450. The van der Waals surface area contributed by atoms with Gasteiger partial charge in [0.2, 0.25) is 0 Å². The van der Waals surface area contributed by atoms with Crippen LogP contribution in [0.5, 0.6) is 0 Å². The highest BCUT2D eigenvalue weighted by Gasteiger charge is 2.25. The van der Waals surface area contributed by atoms with Crippen molar-refractivity contribution in [2.24, 2.45) is 0 Å². The van der Waals surface area contributed by atoms with Gasteiger partial charge in [0.15, 0.2) is 5.65 Å². The van der Waals surface area contributed by atoms with E-state index in [-0.39, 0.29) is 0 Å². The third-order valence-electron chi connectivity index (χ3n) is 3.54. The number of aromatic nitrogens is 4. The van der Waals surface area contributed by atoms with E-state index in [1.54, 1.807) is 0 Å². The quantitative estimate of drug-likeness (QED) is 0.722. The molecule has 1 saturated heterocycles. The van der Waals surface area contributed by atoms with E-state index in [0.717, 1.165) is 22.8 Å². The molecule has 5 heteroatoms. The Kier molecular flexibility index (Phi) is 2.92. The first kappa shape index (κ1) is 11.9. The van der Waals surface area contributed by atoms with Gasteiger partial charge in [-0.15, -0.1) is 0 Å². The Morgan fingerprint density at radius 1 is 1.10 bits per heavy atom. The molecule has 1 fully saturated rings. The standard InChI is InChI=1S/C15H14N4S/c1-2-8-16-13(7-1)19-14-11(5-3-9-17-14)18-15(19)12-6-4-10-20-12/h1-3,5,7-9,12H,4,6,10H2. The van der Waals surface area contributed by atoms with Gasteiger partial charge in [-0.1, -0.05) is 6.07 Å². The highest BCUT2D eigenvalue weighted by atomic mass is 32.2. The largest absolute Gasteiger partial charge is 0.263 e. The molecule has 4 heterocycles. The summed E-state index contributed by atoms with van der Waals surface area (Å²) < 4.78 is 2.11. The minimum absolute atomic E-state index is 0.450. The summed E-state index contributed by atoms with van der Waals surface area (Å²) in [5.41, 5.74) is 1.84. The molecule has 0 radical (unpaired) electrons. The second-order valence-corrected chi connectivity index (χ2v) is 6.15. The van der Waals surface area contributed by atoms with Crippen molar-refractivity contribution in [2.75, 3.05) is 5.75 Å². The Hall–Kier alpha value is -1.88. The fourth-order valence-corrected chi connectivity index (χ4v) is 3.90. The summed E-state index contributed by atoms with van der Waals surface area (Å²) in [6.07, 6.45) is 6.07. The lowest BCUT2D eigenvalue weighted by molar-refractivity contribution is 0.759. The first-order chi connectivity index (χ1) is 9.93. The summed E-state index contributed by atoms with van der Waals surface area (Å²) in [4.78, 5) is 13.8. The van der Waals surface area contributed by atoms with E-state index in [4.69, 9.17) is 4.98 Å². The fraction of sp³-hybridized carbons (Fsp3) is 0.267. The van der Waals surface area contributed by atoms with Crippen LogP contribution in [0.15, 0.2) is 42.7 Å². The van der Waals surface area contributed by atoms with Gasteiger partial charge < -0.3 is 0 Å². The zero-order chi connectivity index (χ0) is 13.4. The third-order valence-corrected chi connectivity index (χ3v) is 4.91. The van der Waals surface area contributed by atoms with Crippen LogP contribution in [0, 0.1) is 0 Å². The molecule has 0 saturated carbocycles. The van der Waals surface area contributed by atoms with E-state index >= 15 is 0 Å². The van der Waals surface area contributed by atoms with E-state index in [9.17, 15) is 0 Å². The van der Waals surface area contributed by atoms with Crippen molar-refractivity contribution >= 4 is 22.9 Å². The second kappa shape index (κ2) is 4.90. The number of thioether (sulfide) groups is 1. The van der Waals surface area contributed by atoms with Gasteiger partial charge in [0.25, 0.3) is 0 Å². The van der Waals surface area contributed by atoms with Gasteiger partial charge in [-0.2, -0.15) is 11.8 Å². The zero-order valence-corrected chi connectivity index (χ0v) is 11.8. The molecule has 0 bridgehead atoms. The van der Waals surface area contributed by atoms with E-state index < -0.39 is 0 Å². The predicted octanol–water partition coefficient (Wildman–Crippen LogP) is 3.38. The van der Waals surface area contributed by atoms with Crippen molar-refractivity contribution < 1.29 is 0 Å². The van der Waals surface area contributed by atoms with Crippen molar-refractivity contribution in [3.05, 3.63) is 48.5 Å². The lowest BCUT2D eigenvalue weighted by Crippen LogP contribution is -2.05. The molecule has 1 atom stereocenters. The van der Waals surface area contributed by atoms with Gasteiger partial charge in [-0.25, -0.2) is 15.0 Å². The Balaban J connectivity index is 1.98. The Morgan fingerprint density at radius 2 is 2.05 bits per heavy atom. The molecule has 0 N–H and O–H groups in total. The number of imidazole rings is 1. The van der Waals surface area contributed by atoms with Crippen LogP contribution in [0.1, 0.15) is 23.9 Å². The fourth-order valence-electron chi connectivity index (χ4n) is 2.64. The average Bonchev–Trinajstić information content (AvgIpc) is 3.15. The average molecular weight is 282 g/mol. The first-order valence-corrected chi connectivity index (χ1v) is 7.85. The molecule has 100 valence electrons. The maximum Gasteiger partial charge on any atom is 0.165 e. The number of fused-ring (bicyclic) bond motifs is 1. The van der Waals surface area contributed by atoms with Crippen LogP contribution < -0.4 is 0 Å². The highest BCUT2D eigenvalue weighted by molar-refractivity contribution is 7.99. The molecule has 0 aromatic carbocycles. The molecule has 0 spiro atoms. The molecule has 4 rings (SSSR count).